The Labute approximate surface area is 211 Å². The second-order valence-electron chi connectivity index (χ2n) is 9.78. The van der Waals surface area contributed by atoms with Crippen molar-refractivity contribution < 1.29 is 33.3 Å². The summed E-state index contributed by atoms with van der Waals surface area (Å²) < 4.78 is 20.9. The third-order valence-corrected chi connectivity index (χ3v) is 4.29. The first kappa shape index (κ1) is 28.2. The molecule has 0 bridgehead atoms. The standard InChI is InChI=1S/C26H33N3O7/c1-25(2,3)35-23(31)29(24(32)36-26(4,5)6)16-17-8-10-18(11-9-17)21(27)28-22(30)34-20-14-12-19(33-7)13-15-20/h8-15H,16H2,1-7H3,(H2,27,28,30). The Morgan fingerprint density at radius 3 is 1.72 bits per heavy atom. The third kappa shape index (κ3) is 9.28. The molecule has 194 valence electrons. The number of carbonyl (C=O) groups is 3. The zero-order valence-electron chi connectivity index (χ0n) is 21.7. The van der Waals surface area contributed by atoms with Gasteiger partial charge in [0, 0.05) is 5.56 Å². The summed E-state index contributed by atoms with van der Waals surface area (Å²) in [5.41, 5.74) is 5.41. The minimum atomic E-state index is -0.886. The Kier molecular flexibility index (Phi) is 9.05. The number of amides is 3. The first-order valence-corrected chi connectivity index (χ1v) is 11.2. The number of carbonyl (C=O) groups excluding carboxylic acids is 3. The first-order chi connectivity index (χ1) is 16.7. The zero-order valence-corrected chi connectivity index (χ0v) is 21.7. The average molecular weight is 500 g/mol. The lowest BCUT2D eigenvalue weighted by molar-refractivity contribution is -0.000260. The van der Waals surface area contributed by atoms with Gasteiger partial charge in [-0.1, -0.05) is 24.3 Å². The van der Waals surface area contributed by atoms with E-state index in [2.05, 4.69) is 4.99 Å². The number of hydrogen-bond donors (Lipinski definition) is 1. The van der Waals surface area contributed by atoms with Crippen LogP contribution in [-0.2, 0) is 16.0 Å². The van der Waals surface area contributed by atoms with Crippen molar-refractivity contribution in [2.45, 2.75) is 59.3 Å². The van der Waals surface area contributed by atoms with Crippen LogP contribution in [0.4, 0.5) is 14.4 Å². The predicted octanol–water partition coefficient (Wildman–Crippen LogP) is 5.27. The Morgan fingerprint density at radius 2 is 1.28 bits per heavy atom. The van der Waals surface area contributed by atoms with Gasteiger partial charge in [-0.3, -0.25) is 0 Å². The molecule has 0 saturated heterocycles. The van der Waals surface area contributed by atoms with E-state index in [1.54, 1.807) is 90.1 Å². The van der Waals surface area contributed by atoms with Gasteiger partial charge in [0.1, 0.15) is 28.5 Å². The van der Waals surface area contributed by atoms with Crippen LogP contribution in [-0.4, -0.2) is 47.3 Å². The van der Waals surface area contributed by atoms with Gasteiger partial charge in [-0.25, -0.2) is 19.3 Å². The van der Waals surface area contributed by atoms with E-state index in [0.29, 0.717) is 16.9 Å². The van der Waals surface area contributed by atoms with E-state index in [9.17, 15) is 14.4 Å². The molecule has 0 aromatic heterocycles. The van der Waals surface area contributed by atoms with E-state index in [1.807, 2.05) is 0 Å². The van der Waals surface area contributed by atoms with Crippen LogP contribution in [0.1, 0.15) is 52.7 Å². The molecule has 2 N–H and O–H groups in total. The van der Waals surface area contributed by atoms with Gasteiger partial charge in [-0.2, -0.15) is 4.99 Å². The number of benzene rings is 2. The highest BCUT2D eigenvalue weighted by Gasteiger charge is 2.31. The van der Waals surface area contributed by atoms with Crippen LogP contribution in [0.25, 0.3) is 0 Å². The van der Waals surface area contributed by atoms with Gasteiger partial charge in [0.05, 0.1) is 13.7 Å². The van der Waals surface area contributed by atoms with Crippen molar-refractivity contribution in [1.82, 2.24) is 4.90 Å². The molecule has 0 aliphatic rings. The number of amidine groups is 1. The molecule has 2 rings (SSSR count). The number of methoxy groups -OCH3 is 1. The van der Waals surface area contributed by atoms with Crippen LogP contribution < -0.4 is 15.2 Å². The summed E-state index contributed by atoms with van der Waals surface area (Å²) >= 11 is 0. The SMILES string of the molecule is COc1ccc(OC(=O)/N=C(/N)c2ccc(CN(C(=O)OC(C)(C)C)C(=O)OC(C)(C)C)cc2)cc1. The van der Waals surface area contributed by atoms with Crippen molar-refractivity contribution in [1.29, 1.82) is 0 Å². The van der Waals surface area contributed by atoms with Gasteiger partial charge in [-0.15, -0.1) is 0 Å². The molecule has 0 saturated carbocycles. The van der Waals surface area contributed by atoms with Gasteiger partial charge in [0.15, 0.2) is 0 Å². The van der Waals surface area contributed by atoms with E-state index in [0.717, 1.165) is 4.90 Å². The quantitative estimate of drug-likeness (QED) is 0.435. The number of nitrogens with two attached hydrogens (primary N) is 1. The number of rotatable bonds is 5. The molecule has 0 aliphatic heterocycles. The number of nitrogens with zero attached hydrogens (tertiary/aromatic N) is 2. The number of hydrogen-bond acceptors (Lipinski definition) is 7. The van der Waals surface area contributed by atoms with E-state index in [4.69, 9.17) is 24.7 Å². The number of imide groups is 1. The summed E-state index contributed by atoms with van der Waals surface area (Å²) in [5, 5.41) is 0. The zero-order chi connectivity index (χ0) is 27.1. The number of ether oxygens (including phenoxy) is 4. The van der Waals surface area contributed by atoms with Crippen molar-refractivity contribution in [3.8, 4) is 11.5 Å². The van der Waals surface area contributed by atoms with E-state index in [-0.39, 0.29) is 18.1 Å². The summed E-state index contributed by atoms with van der Waals surface area (Å²) in [4.78, 5) is 42.1. The fourth-order valence-corrected chi connectivity index (χ4v) is 2.73. The lowest BCUT2D eigenvalue weighted by atomic mass is 10.1. The van der Waals surface area contributed by atoms with Crippen molar-refractivity contribution in [3.63, 3.8) is 0 Å². The summed E-state index contributed by atoms with van der Waals surface area (Å²) in [5.74, 6) is 0.850. The normalized spacial score (nSPS) is 11.9. The molecule has 10 heteroatoms. The van der Waals surface area contributed by atoms with Crippen molar-refractivity contribution >= 4 is 24.1 Å². The maximum absolute atomic E-state index is 12.7. The smallest absolute Gasteiger partial charge is 0.441 e. The molecule has 0 heterocycles. The van der Waals surface area contributed by atoms with Crippen molar-refractivity contribution in [3.05, 3.63) is 59.7 Å². The fraction of sp³-hybridized carbons (Fsp3) is 0.385. The molecule has 0 unspecified atom stereocenters. The van der Waals surface area contributed by atoms with Gasteiger partial charge in [-0.05, 0) is 71.4 Å². The van der Waals surface area contributed by atoms with Gasteiger partial charge >= 0.3 is 18.3 Å². The molecule has 2 aromatic carbocycles. The minimum absolute atomic E-state index is 0.0591. The van der Waals surface area contributed by atoms with Crippen LogP contribution in [0, 0.1) is 0 Å². The van der Waals surface area contributed by atoms with Gasteiger partial charge in [0.2, 0.25) is 0 Å². The Balaban J connectivity index is 2.13. The molecule has 2 aromatic rings. The van der Waals surface area contributed by atoms with Crippen LogP contribution in [0.3, 0.4) is 0 Å². The van der Waals surface area contributed by atoms with Crippen LogP contribution >= 0.6 is 0 Å². The van der Waals surface area contributed by atoms with Crippen molar-refractivity contribution in [2.24, 2.45) is 10.7 Å². The first-order valence-electron chi connectivity index (χ1n) is 11.2. The largest absolute Gasteiger partial charge is 0.497 e. The molecule has 3 amide bonds. The van der Waals surface area contributed by atoms with Crippen LogP contribution in [0.2, 0.25) is 0 Å². The molecular weight excluding hydrogens is 466 g/mol. The summed E-state index contributed by atoms with van der Waals surface area (Å²) in [6.07, 6.45) is -2.55. The second-order valence-corrected chi connectivity index (χ2v) is 9.78. The summed E-state index contributed by atoms with van der Waals surface area (Å²) in [6.45, 7) is 10.1. The topological polar surface area (TPSA) is 130 Å². The monoisotopic (exact) mass is 499 g/mol. The molecule has 10 nitrogen and oxygen atoms in total. The van der Waals surface area contributed by atoms with Gasteiger partial charge in [0.25, 0.3) is 0 Å². The van der Waals surface area contributed by atoms with E-state index < -0.39 is 29.5 Å². The van der Waals surface area contributed by atoms with Gasteiger partial charge < -0.3 is 24.7 Å². The predicted molar refractivity (Wildman–Crippen MR) is 134 cm³/mol. The second kappa shape index (κ2) is 11.6. The Morgan fingerprint density at radius 1 is 0.806 bits per heavy atom. The summed E-state index contributed by atoms with van der Waals surface area (Å²) in [7, 11) is 1.53. The lowest BCUT2D eigenvalue weighted by Crippen LogP contribution is -2.43. The maximum atomic E-state index is 12.7. The molecule has 0 spiro atoms. The average Bonchev–Trinajstić information content (AvgIpc) is 2.75. The molecule has 36 heavy (non-hydrogen) atoms. The van der Waals surface area contributed by atoms with E-state index in [1.165, 1.54) is 7.11 Å². The summed E-state index contributed by atoms with van der Waals surface area (Å²) in [6, 6.07) is 12.9. The highest BCUT2D eigenvalue weighted by Crippen LogP contribution is 2.19. The van der Waals surface area contributed by atoms with Crippen molar-refractivity contribution in [2.75, 3.05) is 7.11 Å². The van der Waals surface area contributed by atoms with Crippen LogP contribution in [0.15, 0.2) is 53.5 Å². The van der Waals surface area contributed by atoms with E-state index >= 15 is 0 Å². The number of aliphatic imine (C=N–C) groups is 1. The molecular formula is C26H33N3O7. The molecule has 0 aliphatic carbocycles. The Bertz CT molecular complexity index is 1070. The maximum Gasteiger partial charge on any atom is 0.441 e. The lowest BCUT2D eigenvalue weighted by Gasteiger charge is -2.28. The van der Waals surface area contributed by atoms with Crippen LogP contribution in [0.5, 0.6) is 11.5 Å². The third-order valence-electron chi connectivity index (χ3n) is 4.29. The molecule has 0 fully saturated rings. The minimum Gasteiger partial charge on any atom is -0.497 e. The Hall–Kier alpha value is -4.08. The highest BCUT2D eigenvalue weighted by atomic mass is 16.6. The highest BCUT2D eigenvalue weighted by molar-refractivity contribution is 6.03. The fourth-order valence-electron chi connectivity index (χ4n) is 2.73. The molecule has 0 radical (unpaired) electrons. The molecule has 0 atom stereocenters.